The van der Waals surface area contributed by atoms with E-state index in [1.807, 2.05) is 23.1 Å². The summed E-state index contributed by atoms with van der Waals surface area (Å²) in [5.74, 6) is 1.81. The van der Waals surface area contributed by atoms with Gasteiger partial charge in [0.15, 0.2) is 11.5 Å². The van der Waals surface area contributed by atoms with Crippen LogP contribution in [0.4, 0.5) is 5.82 Å². The van der Waals surface area contributed by atoms with Crippen molar-refractivity contribution in [2.75, 3.05) is 37.9 Å². The minimum atomic E-state index is -3.58. The number of amides is 1. The summed E-state index contributed by atoms with van der Waals surface area (Å²) < 4.78 is 38.9. The number of anilines is 1. The molecule has 3 aliphatic heterocycles. The van der Waals surface area contributed by atoms with Crippen molar-refractivity contribution in [3.63, 3.8) is 0 Å². The molecule has 34 heavy (non-hydrogen) atoms. The molecule has 9 nitrogen and oxygen atoms in total. The van der Waals surface area contributed by atoms with Crippen LogP contribution in [0.5, 0.6) is 11.5 Å². The second kappa shape index (κ2) is 9.79. The zero-order valence-electron chi connectivity index (χ0n) is 19.1. The van der Waals surface area contributed by atoms with Gasteiger partial charge < -0.3 is 19.7 Å². The van der Waals surface area contributed by atoms with Gasteiger partial charge in [-0.2, -0.15) is 4.31 Å². The van der Waals surface area contributed by atoms with E-state index in [-0.39, 0.29) is 23.5 Å². The Morgan fingerprint density at radius 1 is 1.03 bits per heavy atom. The van der Waals surface area contributed by atoms with Crippen LogP contribution in [0.2, 0.25) is 0 Å². The molecule has 1 N–H and O–H groups in total. The molecule has 10 heteroatoms. The van der Waals surface area contributed by atoms with Crippen molar-refractivity contribution in [1.82, 2.24) is 14.6 Å². The maximum Gasteiger partial charge on any atom is 0.246 e. The standard InChI is InChI=1S/C24H30N4O5S/c29-24(26-16-18-6-7-20-21(15-18)33-17-32-20)19-8-13-27(14-9-19)23-22(5-4-10-25-23)34(30,31)28-11-2-1-3-12-28/h4-7,10,15,19H,1-3,8-9,11-14,16-17H2,(H,26,29). The Hall–Kier alpha value is -2.85. The molecule has 0 radical (unpaired) electrons. The molecule has 1 aromatic carbocycles. The van der Waals surface area contributed by atoms with Crippen LogP contribution in [0.1, 0.15) is 37.7 Å². The van der Waals surface area contributed by atoms with Crippen molar-refractivity contribution in [1.29, 1.82) is 0 Å². The number of carbonyl (C=O) groups is 1. The zero-order valence-corrected chi connectivity index (χ0v) is 19.9. The summed E-state index contributed by atoms with van der Waals surface area (Å²) in [4.78, 5) is 19.5. The van der Waals surface area contributed by atoms with Crippen molar-refractivity contribution in [2.24, 2.45) is 5.92 Å². The number of aromatic nitrogens is 1. The molecule has 0 unspecified atom stereocenters. The Kier molecular flexibility index (Phi) is 6.60. The molecule has 0 atom stereocenters. The van der Waals surface area contributed by atoms with Gasteiger partial charge in [-0.25, -0.2) is 13.4 Å². The first-order valence-corrected chi connectivity index (χ1v) is 13.3. The van der Waals surface area contributed by atoms with E-state index in [0.29, 0.717) is 57.1 Å². The summed E-state index contributed by atoms with van der Waals surface area (Å²) in [6.07, 6.45) is 5.77. The van der Waals surface area contributed by atoms with E-state index < -0.39 is 10.0 Å². The summed E-state index contributed by atoms with van der Waals surface area (Å²) in [5, 5.41) is 3.02. The molecule has 4 heterocycles. The van der Waals surface area contributed by atoms with Crippen molar-refractivity contribution in [3.05, 3.63) is 42.1 Å². The molecule has 2 saturated heterocycles. The first-order chi connectivity index (χ1) is 16.5. The van der Waals surface area contributed by atoms with Gasteiger partial charge in [0.25, 0.3) is 0 Å². The highest BCUT2D eigenvalue weighted by Gasteiger charge is 2.32. The third kappa shape index (κ3) is 4.69. The number of hydrogen-bond donors (Lipinski definition) is 1. The van der Waals surface area contributed by atoms with Gasteiger partial charge in [0.2, 0.25) is 22.7 Å². The number of hydrogen-bond acceptors (Lipinski definition) is 7. The Morgan fingerprint density at radius 3 is 2.59 bits per heavy atom. The number of sulfonamides is 1. The van der Waals surface area contributed by atoms with Gasteiger partial charge in [-0.1, -0.05) is 12.5 Å². The lowest BCUT2D eigenvalue weighted by Gasteiger charge is -2.34. The fraction of sp³-hybridized carbons (Fsp3) is 0.500. The van der Waals surface area contributed by atoms with Gasteiger partial charge in [-0.3, -0.25) is 4.79 Å². The average molecular weight is 487 g/mol. The van der Waals surface area contributed by atoms with Crippen LogP contribution < -0.4 is 19.7 Å². The van der Waals surface area contributed by atoms with Crippen LogP contribution in [-0.2, 0) is 21.4 Å². The molecule has 1 amide bonds. The molecule has 2 aromatic rings. The maximum absolute atomic E-state index is 13.3. The smallest absolute Gasteiger partial charge is 0.246 e. The lowest BCUT2D eigenvalue weighted by molar-refractivity contribution is -0.125. The number of carbonyl (C=O) groups excluding carboxylic acids is 1. The SMILES string of the molecule is O=C(NCc1ccc2c(c1)OCO2)C1CCN(c2ncccc2S(=O)(=O)N2CCCCC2)CC1. The van der Waals surface area contributed by atoms with Crippen LogP contribution in [0.3, 0.4) is 0 Å². The Bertz CT molecular complexity index is 1140. The second-order valence-electron chi connectivity index (χ2n) is 8.96. The fourth-order valence-electron chi connectivity index (χ4n) is 4.80. The summed E-state index contributed by atoms with van der Waals surface area (Å²) >= 11 is 0. The normalized spacial score (nSPS) is 19.2. The van der Waals surface area contributed by atoms with E-state index in [1.165, 1.54) is 0 Å². The fourth-order valence-corrected chi connectivity index (χ4v) is 6.48. The third-order valence-corrected chi connectivity index (χ3v) is 8.67. The van der Waals surface area contributed by atoms with Gasteiger partial charge in [-0.15, -0.1) is 0 Å². The summed E-state index contributed by atoms with van der Waals surface area (Å²) in [6, 6.07) is 8.98. The van der Waals surface area contributed by atoms with Gasteiger partial charge in [-0.05, 0) is 55.5 Å². The molecule has 182 valence electrons. The number of fused-ring (bicyclic) bond motifs is 1. The number of nitrogens with one attached hydrogen (secondary N) is 1. The number of piperidine rings is 2. The number of nitrogens with zero attached hydrogens (tertiary/aromatic N) is 3. The van der Waals surface area contributed by atoms with E-state index in [9.17, 15) is 13.2 Å². The monoisotopic (exact) mass is 486 g/mol. The molecule has 0 bridgehead atoms. The molecule has 2 fully saturated rings. The van der Waals surface area contributed by atoms with Crippen molar-refractivity contribution in [3.8, 4) is 11.5 Å². The van der Waals surface area contributed by atoms with Crippen LogP contribution >= 0.6 is 0 Å². The second-order valence-corrected chi connectivity index (χ2v) is 10.9. The highest BCUT2D eigenvalue weighted by atomic mass is 32.2. The summed E-state index contributed by atoms with van der Waals surface area (Å²) in [7, 11) is -3.58. The van der Waals surface area contributed by atoms with Crippen LogP contribution in [0, 0.1) is 5.92 Å². The molecular weight excluding hydrogens is 456 g/mol. The zero-order chi connectivity index (χ0) is 23.5. The molecule has 5 rings (SSSR count). The van der Waals surface area contributed by atoms with E-state index >= 15 is 0 Å². The number of benzene rings is 1. The number of ether oxygens (including phenoxy) is 2. The molecule has 0 spiro atoms. The van der Waals surface area contributed by atoms with Gasteiger partial charge in [0.1, 0.15) is 10.7 Å². The largest absolute Gasteiger partial charge is 0.454 e. The van der Waals surface area contributed by atoms with Crippen molar-refractivity contribution in [2.45, 2.75) is 43.5 Å². The first-order valence-electron chi connectivity index (χ1n) is 11.9. The van der Waals surface area contributed by atoms with Crippen LogP contribution in [-0.4, -0.2) is 56.6 Å². The predicted molar refractivity (Wildman–Crippen MR) is 126 cm³/mol. The number of rotatable bonds is 6. The van der Waals surface area contributed by atoms with Crippen molar-refractivity contribution < 1.29 is 22.7 Å². The molecule has 3 aliphatic rings. The number of pyridine rings is 1. The van der Waals surface area contributed by atoms with Gasteiger partial charge in [0, 0.05) is 44.8 Å². The quantitative estimate of drug-likeness (QED) is 0.670. The average Bonchev–Trinajstić information content (AvgIpc) is 3.36. The van der Waals surface area contributed by atoms with Gasteiger partial charge in [0.05, 0.1) is 0 Å². The van der Waals surface area contributed by atoms with E-state index in [1.54, 1.807) is 22.6 Å². The van der Waals surface area contributed by atoms with Gasteiger partial charge >= 0.3 is 0 Å². The summed E-state index contributed by atoms with van der Waals surface area (Å²) in [6.45, 7) is 2.93. The molecule has 0 aliphatic carbocycles. The van der Waals surface area contributed by atoms with Crippen LogP contribution in [0.25, 0.3) is 0 Å². The minimum absolute atomic E-state index is 0.0134. The lowest BCUT2D eigenvalue weighted by atomic mass is 9.96. The highest BCUT2D eigenvalue weighted by Crippen LogP contribution is 2.33. The molecule has 0 saturated carbocycles. The topological polar surface area (TPSA) is 101 Å². The van der Waals surface area contributed by atoms with E-state index in [4.69, 9.17) is 9.47 Å². The lowest BCUT2D eigenvalue weighted by Crippen LogP contribution is -2.42. The Morgan fingerprint density at radius 2 is 1.79 bits per heavy atom. The first kappa shape index (κ1) is 22.9. The van der Waals surface area contributed by atoms with E-state index in [2.05, 4.69) is 10.3 Å². The highest BCUT2D eigenvalue weighted by molar-refractivity contribution is 7.89. The maximum atomic E-state index is 13.3. The van der Waals surface area contributed by atoms with Crippen LogP contribution in [0.15, 0.2) is 41.4 Å². The van der Waals surface area contributed by atoms with E-state index in [0.717, 1.165) is 30.6 Å². The Balaban J connectivity index is 1.20. The predicted octanol–water partition coefficient (Wildman–Crippen LogP) is 2.52. The van der Waals surface area contributed by atoms with Crippen molar-refractivity contribution >= 4 is 21.7 Å². The third-order valence-electron chi connectivity index (χ3n) is 6.75. The minimum Gasteiger partial charge on any atom is -0.454 e. The molecular formula is C24H30N4O5S. The Labute approximate surface area is 200 Å². The summed E-state index contributed by atoms with van der Waals surface area (Å²) in [5.41, 5.74) is 0.955. The molecule has 1 aromatic heterocycles.